The molecule has 53 heavy (non-hydrogen) atoms. The van der Waals surface area contributed by atoms with E-state index in [1.165, 1.54) is 75.2 Å². The van der Waals surface area contributed by atoms with Gasteiger partial charge in [-0.3, -0.25) is 9.36 Å². The highest BCUT2D eigenvalue weighted by Crippen LogP contribution is 2.20. The van der Waals surface area contributed by atoms with Crippen molar-refractivity contribution in [1.29, 1.82) is 0 Å². The molecule has 6 N–H and O–H groups in total. The van der Waals surface area contributed by atoms with E-state index in [0.717, 1.165) is 62.7 Å². The highest BCUT2D eigenvalue weighted by atomic mass is 32.1. The topological polar surface area (TPSA) is 161 Å². The number of methoxy groups -OCH3 is 1. The lowest BCUT2D eigenvalue weighted by molar-refractivity contribution is -0.125. The summed E-state index contributed by atoms with van der Waals surface area (Å²) in [6, 6.07) is 8.07. The minimum absolute atomic E-state index is 0.0929. The molecule has 0 spiro atoms. The zero-order valence-electron chi connectivity index (χ0n) is 32.6. The van der Waals surface area contributed by atoms with E-state index in [0.29, 0.717) is 36.0 Å². The molecule has 0 aliphatic carbocycles. The van der Waals surface area contributed by atoms with E-state index in [1.807, 2.05) is 24.3 Å². The van der Waals surface area contributed by atoms with Crippen molar-refractivity contribution in [2.24, 2.45) is 5.92 Å². The minimum atomic E-state index is -0.326. The van der Waals surface area contributed by atoms with Crippen molar-refractivity contribution in [3.8, 4) is 6.01 Å². The normalized spacial score (nSPS) is 11.8. The van der Waals surface area contributed by atoms with Gasteiger partial charge in [0, 0.05) is 32.7 Å². The van der Waals surface area contributed by atoms with Crippen LogP contribution >= 0.6 is 12.2 Å². The molecular formula is C40H66N8O4S. The second kappa shape index (κ2) is 26.1. The first-order chi connectivity index (χ1) is 25.9. The lowest BCUT2D eigenvalue weighted by Gasteiger charge is -2.17. The van der Waals surface area contributed by atoms with Crippen molar-refractivity contribution >= 4 is 40.2 Å². The number of amides is 1. The number of H-pyrrole nitrogens is 1. The molecule has 0 aliphatic rings. The van der Waals surface area contributed by atoms with Crippen LogP contribution in [0.1, 0.15) is 134 Å². The summed E-state index contributed by atoms with van der Waals surface area (Å²) in [4.78, 5) is 37.1. The number of fused-ring (bicyclic) bond motifs is 1. The van der Waals surface area contributed by atoms with Crippen LogP contribution in [0.3, 0.4) is 0 Å². The fourth-order valence-corrected chi connectivity index (χ4v) is 6.56. The van der Waals surface area contributed by atoms with Gasteiger partial charge in [-0.1, -0.05) is 122 Å². The van der Waals surface area contributed by atoms with Crippen molar-refractivity contribution < 1.29 is 14.3 Å². The van der Waals surface area contributed by atoms with Gasteiger partial charge in [0.15, 0.2) is 16.6 Å². The maximum Gasteiger partial charge on any atom is 0.328 e. The average molecular weight is 755 g/mol. The summed E-state index contributed by atoms with van der Waals surface area (Å²) in [5.74, 6) is 0.482. The second-order valence-electron chi connectivity index (χ2n) is 14.0. The fraction of sp³-hybridized carbons (Fsp3) is 0.675. The van der Waals surface area contributed by atoms with Crippen LogP contribution in [-0.4, -0.2) is 64.0 Å². The van der Waals surface area contributed by atoms with E-state index in [2.05, 4.69) is 44.7 Å². The number of ether oxygens (including phenoxy) is 2. The second-order valence-corrected chi connectivity index (χ2v) is 14.4. The maximum atomic E-state index is 13.1. The van der Waals surface area contributed by atoms with Crippen molar-refractivity contribution in [3.63, 3.8) is 0 Å². The zero-order chi connectivity index (χ0) is 38.1. The number of aromatic amines is 1. The molecule has 0 radical (unpaired) electrons. The number of imidazole rings is 1. The first-order valence-corrected chi connectivity index (χ1v) is 20.5. The number of carbonyl (C=O) groups is 1. The van der Waals surface area contributed by atoms with E-state index in [4.69, 9.17) is 27.4 Å². The third kappa shape index (κ3) is 16.9. The van der Waals surface area contributed by atoms with Gasteiger partial charge in [0.1, 0.15) is 12.1 Å². The highest BCUT2D eigenvalue weighted by Gasteiger charge is 2.18. The Morgan fingerprint density at radius 1 is 0.811 bits per heavy atom. The Hall–Kier alpha value is -3.71. The van der Waals surface area contributed by atoms with E-state index in [-0.39, 0.29) is 36.0 Å². The molecule has 0 fully saturated rings. The summed E-state index contributed by atoms with van der Waals surface area (Å²) < 4.78 is 12.1. The van der Waals surface area contributed by atoms with Gasteiger partial charge < -0.3 is 36.1 Å². The van der Waals surface area contributed by atoms with E-state index in [1.54, 1.807) is 7.11 Å². The van der Waals surface area contributed by atoms with E-state index in [9.17, 15) is 9.59 Å². The average Bonchev–Trinajstić information content (AvgIpc) is 3.47. The number of anilines is 1. The van der Waals surface area contributed by atoms with Gasteiger partial charge in [-0.15, -0.1) is 0 Å². The fourth-order valence-electron chi connectivity index (χ4n) is 6.38. The van der Waals surface area contributed by atoms with Crippen LogP contribution < -0.4 is 32.1 Å². The van der Waals surface area contributed by atoms with Gasteiger partial charge in [-0.05, 0) is 49.0 Å². The van der Waals surface area contributed by atoms with Gasteiger partial charge in [0.2, 0.25) is 5.91 Å². The number of nitrogens with zero attached hydrogens (tertiary/aromatic N) is 3. The third-order valence-electron chi connectivity index (χ3n) is 9.59. The number of hydrogen-bond donors (Lipinski definition) is 5. The number of aromatic nitrogens is 4. The largest absolute Gasteiger partial charge is 0.461 e. The lowest BCUT2D eigenvalue weighted by atomic mass is 9.94. The van der Waals surface area contributed by atoms with Gasteiger partial charge in [0.25, 0.3) is 0 Å². The van der Waals surface area contributed by atoms with Gasteiger partial charge >= 0.3 is 11.7 Å². The molecule has 3 aromatic rings. The van der Waals surface area contributed by atoms with Crippen molar-refractivity contribution in [2.45, 2.75) is 136 Å². The number of nitrogen functional groups attached to an aromatic ring is 1. The molecule has 2 heterocycles. The molecule has 296 valence electrons. The molecule has 1 unspecified atom stereocenters. The van der Waals surface area contributed by atoms with Crippen molar-refractivity contribution in [3.05, 3.63) is 45.9 Å². The maximum absolute atomic E-state index is 13.1. The smallest absolute Gasteiger partial charge is 0.328 e. The van der Waals surface area contributed by atoms with Crippen LogP contribution in [0.5, 0.6) is 6.01 Å². The first-order valence-electron chi connectivity index (χ1n) is 20.1. The number of rotatable bonds is 29. The summed E-state index contributed by atoms with van der Waals surface area (Å²) in [7, 11) is 1.58. The van der Waals surface area contributed by atoms with E-state index >= 15 is 0 Å². The molecule has 2 aromatic heterocycles. The Bertz CT molecular complexity index is 1530. The summed E-state index contributed by atoms with van der Waals surface area (Å²) in [5, 5.41) is 10.5. The van der Waals surface area contributed by atoms with Gasteiger partial charge in [-0.2, -0.15) is 9.97 Å². The zero-order valence-corrected chi connectivity index (χ0v) is 33.4. The van der Waals surface area contributed by atoms with Gasteiger partial charge in [0.05, 0.1) is 13.2 Å². The number of thiocarbonyl (C=S) groups is 1. The molecule has 0 saturated heterocycles. The molecule has 1 atom stereocenters. The Morgan fingerprint density at radius 2 is 1.40 bits per heavy atom. The minimum Gasteiger partial charge on any atom is -0.461 e. The SMILES string of the molecule is CCCCCCCCCCC(CCCCNC(=S)NCc1ccc(Cn2c(=O)[nH]c3c(N)nc(OCCOC)nc32)cc1)C(=O)NCCCCCCC. The molecule has 1 aromatic carbocycles. The molecule has 1 amide bonds. The van der Waals surface area contributed by atoms with Crippen LogP contribution in [0.15, 0.2) is 29.1 Å². The molecule has 3 rings (SSSR count). The van der Waals surface area contributed by atoms with Gasteiger partial charge in [-0.25, -0.2) is 4.79 Å². The Morgan fingerprint density at radius 3 is 2.08 bits per heavy atom. The molecule has 13 heteroatoms. The Kier molecular flexibility index (Phi) is 21.5. The predicted molar refractivity (Wildman–Crippen MR) is 219 cm³/mol. The van der Waals surface area contributed by atoms with E-state index < -0.39 is 0 Å². The molecule has 0 saturated carbocycles. The number of unbranched alkanes of at least 4 members (excludes halogenated alkanes) is 12. The number of carbonyl (C=O) groups excluding carboxylic acids is 1. The van der Waals surface area contributed by atoms with Crippen LogP contribution in [0, 0.1) is 5.92 Å². The third-order valence-corrected chi connectivity index (χ3v) is 9.88. The lowest BCUT2D eigenvalue weighted by Crippen LogP contribution is -2.35. The molecule has 0 bridgehead atoms. The molecule has 12 nitrogen and oxygen atoms in total. The van der Waals surface area contributed by atoms with Crippen LogP contribution in [-0.2, 0) is 22.6 Å². The summed E-state index contributed by atoms with van der Waals surface area (Å²) in [5.41, 5.74) is 8.49. The number of hydrogen-bond acceptors (Lipinski definition) is 8. The molecular weight excluding hydrogens is 689 g/mol. The quantitative estimate of drug-likeness (QED) is 0.0364. The Balaban J connectivity index is 1.39. The van der Waals surface area contributed by atoms with Crippen LogP contribution in [0.4, 0.5) is 5.82 Å². The molecule has 0 aliphatic heterocycles. The van der Waals surface area contributed by atoms with Crippen molar-refractivity contribution in [1.82, 2.24) is 35.5 Å². The number of nitrogens with two attached hydrogens (primary N) is 1. The summed E-state index contributed by atoms with van der Waals surface area (Å²) in [6.07, 6.45) is 20.1. The number of nitrogens with one attached hydrogen (secondary N) is 4. The van der Waals surface area contributed by atoms with Crippen LogP contribution in [0.25, 0.3) is 11.2 Å². The van der Waals surface area contributed by atoms with Crippen LogP contribution in [0.2, 0.25) is 0 Å². The number of benzene rings is 1. The Labute approximate surface area is 322 Å². The monoisotopic (exact) mass is 754 g/mol. The standard InChI is InChI=1S/C40H66N8O4S/c1-4-6-8-10-11-12-13-15-19-33(37(49)42-25-17-14-9-7-5-2)20-16-18-26-43-39(53)44-29-31-21-23-32(24-22-31)30-48-36-34(45-40(48)50)35(41)46-38(47-36)52-28-27-51-3/h21-24,33H,4-20,25-30H2,1-3H3,(H,42,49)(H,45,50)(H2,41,46,47)(H2,43,44,53). The van der Waals surface area contributed by atoms with Crippen molar-refractivity contribution in [2.75, 3.05) is 39.1 Å². The summed E-state index contributed by atoms with van der Waals surface area (Å²) in [6.45, 7) is 7.57. The predicted octanol–water partition coefficient (Wildman–Crippen LogP) is 7.14. The first kappa shape index (κ1) is 43.7. The highest BCUT2D eigenvalue weighted by molar-refractivity contribution is 7.80. The summed E-state index contributed by atoms with van der Waals surface area (Å²) >= 11 is 5.55.